The van der Waals surface area contributed by atoms with Crippen molar-refractivity contribution in [1.29, 1.82) is 0 Å². The Kier molecular flexibility index (Phi) is 10.7. The summed E-state index contributed by atoms with van der Waals surface area (Å²) in [5.41, 5.74) is 4.29. The first-order valence-electron chi connectivity index (χ1n) is 13.3. The van der Waals surface area contributed by atoms with Gasteiger partial charge in [-0.3, -0.25) is 0 Å². The topological polar surface area (TPSA) is 8.81 Å². The van der Waals surface area contributed by atoms with Gasteiger partial charge in [0.2, 0.25) is 0 Å². The zero-order valence-electron chi connectivity index (χ0n) is 21.3. The molecule has 0 saturated heterocycles. The lowest BCUT2D eigenvalue weighted by atomic mass is 9.96. The zero-order valence-corrected chi connectivity index (χ0v) is 21.3. The van der Waals surface area contributed by atoms with Gasteiger partial charge in [0.15, 0.2) is 0 Å². The van der Waals surface area contributed by atoms with Crippen LogP contribution in [0.1, 0.15) is 100 Å². The Morgan fingerprint density at radius 2 is 1.33 bits per heavy atom. The van der Waals surface area contributed by atoms with Crippen molar-refractivity contribution < 1.29 is 4.57 Å². The van der Waals surface area contributed by atoms with Gasteiger partial charge in [0.1, 0.15) is 11.9 Å². The van der Waals surface area contributed by atoms with Crippen LogP contribution in [0.25, 0.3) is 0 Å². The fourth-order valence-electron chi connectivity index (χ4n) is 4.95. The number of aromatic nitrogens is 2. The van der Waals surface area contributed by atoms with E-state index in [1.807, 2.05) is 0 Å². The molecule has 1 unspecified atom stereocenters. The third-order valence-electron chi connectivity index (χ3n) is 6.98. The zero-order chi connectivity index (χ0) is 23.3. The second-order valence-electron chi connectivity index (χ2n) is 9.81. The van der Waals surface area contributed by atoms with Crippen molar-refractivity contribution >= 4 is 0 Å². The number of hydrogen-bond donors (Lipinski definition) is 0. The molecule has 0 fully saturated rings. The predicted octanol–water partition coefficient (Wildman–Crippen LogP) is 7.78. The van der Waals surface area contributed by atoms with E-state index < -0.39 is 0 Å². The van der Waals surface area contributed by atoms with Crippen LogP contribution in [0.15, 0.2) is 66.9 Å². The average Bonchev–Trinajstić information content (AvgIpc) is 3.12. The highest BCUT2D eigenvalue weighted by Crippen LogP contribution is 2.20. The fraction of sp³-hybridized carbons (Fsp3) is 0.516. The van der Waals surface area contributed by atoms with Crippen molar-refractivity contribution in [2.75, 3.05) is 0 Å². The van der Waals surface area contributed by atoms with Gasteiger partial charge >= 0.3 is 0 Å². The maximum atomic E-state index is 2.63. The molecule has 2 aromatic carbocycles. The third-order valence-corrected chi connectivity index (χ3v) is 6.98. The second kappa shape index (κ2) is 14.0. The Morgan fingerprint density at radius 1 is 0.758 bits per heavy atom. The summed E-state index contributed by atoms with van der Waals surface area (Å²) in [4.78, 5) is 0. The molecule has 0 spiro atoms. The number of unbranched alkanes of at least 4 members (excludes halogenated alkanes) is 8. The highest BCUT2D eigenvalue weighted by molar-refractivity contribution is 5.21. The SMILES string of the molecule is CCCCCCCCCCC[n+]1c(CC(C)c2ccccc2)cn(C)c1Cc1ccccc1. The number of nitrogens with zero attached hydrogens (tertiary/aromatic N) is 2. The highest BCUT2D eigenvalue weighted by Gasteiger charge is 2.23. The van der Waals surface area contributed by atoms with Gasteiger partial charge < -0.3 is 0 Å². The molecule has 0 saturated carbocycles. The van der Waals surface area contributed by atoms with Crippen molar-refractivity contribution in [3.8, 4) is 0 Å². The van der Waals surface area contributed by atoms with Crippen molar-refractivity contribution in [3.05, 3.63) is 89.5 Å². The van der Waals surface area contributed by atoms with Gasteiger partial charge in [-0.2, -0.15) is 0 Å². The van der Waals surface area contributed by atoms with E-state index in [0.29, 0.717) is 5.92 Å². The molecular weight excluding hydrogens is 400 g/mol. The second-order valence-corrected chi connectivity index (χ2v) is 9.81. The van der Waals surface area contributed by atoms with E-state index in [1.165, 1.54) is 80.4 Å². The first kappa shape index (κ1) is 25.3. The Morgan fingerprint density at radius 3 is 1.97 bits per heavy atom. The van der Waals surface area contributed by atoms with Gasteiger partial charge in [0, 0.05) is 6.42 Å². The third kappa shape index (κ3) is 8.18. The number of hydrogen-bond acceptors (Lipinski definition) is 0. The molecule has 0 aliphatic heterocycles. The molecule has 33 heavy (non-hydrogen) atoms. The monoisotopic (exact) mass is 445 g/mol. The molecule has 0 radical (unpaired) electrons. The molecule has 0 aliphatic rings. The molecule has 1 atom stereocenters. The van der Waals surface area contributed by atoms with Gasteiger partial charge in [-0.1, -0.05) is 119 Å². The lowest BCUT2D eigenvalue weighted by Gasteiger charge is -2.12. The van der Waals surface area contributed by atoms with E-state index in [9.17, 15) is 0 Å². The van der Waals surface area contributed by atoms with Gasteiger partial charge in [-0.05, 0) is 29.9 Å². The van der Waals surface area contributed by atoms with Gasteiger partial charge in [0.25, 0.3) is 5.82 Å². The minimum atomic E-state index is 0.521. The number of benzene rings is 2. The van der Waals surface area contributed by atoms with Crippen molar-refractivity contribution in [3.63, 3.8) is 0 Å². The van der Waals surface area contributed by atoms with E-state index in [0.717, 1.165) is 19.4 Å². The van der Waals surface area contributed by atoms with Crippen LogP contribution < -0.4 is 4.57 Å². The largest absolute Gasteiger partial charge is 0.260 e. The van der Waals surface area contributed by atoms with Crippen LogP contribution in [0.2, 0.25) is 0 Å². The molecule has 1 heterocycles. The first-order valence-corrected chi connectivity index (χ1v) is 13.3. The summed E-state index contributed by atoms with van der Waals surface area (Å²) in [6.07, 6.45) is 16.9. The fourth-order valence-corrected chi connectivity index (χ4v) is 4.95. The molecule has 2 heteroatoms. The molecule has 3 aromatic rings. The summed E-state index contributed by atoms with van der Waals surface area (Å²) in [6.45, 7) is 5.79. The van der Waals surface area contributed by atoms with E-state index in [-0.39, 0.29) is 0 Å². The van der Waals surface area contributed by atoms with E-state index >= 15 is 0 Å². The molecule has 178 valence electrons. The predicted molar refractivity (Wildman–Crippen MR) is 141 cm³/mol. The van der Waals surface area contributed by atoms with Gasteiger partial charge in [0.05, 0.1) is 20.0 Å². The molecular formula is C31H45N2+. The van der Waals surface area contributed by atoms with Crippen LogP contribution in [-0.2, 0) is 26.4 Å². The minimum Gasteiger partial charge on any atom is -0.236 e. The Bertz CT molecular complexity index is 911. The highest BCUT2D eigenvalue weighted by atomic mass is 15.1. The Hall–Kier alpha value is -2.35. The standard InChI is InChI=1S/C31H45N2/c1-4-5-6-7-8-9-10-11-18-23-33-30(24-27(2)29-21-16-13-17-22-29)26-32(3)31(33)25-28-19-14-12-15-20-28/h12-17,19-22,26-27H,4-11,18,23-25H2,1-3H3/q+1. The molecule has 2 nitrogen and oxygen atoms in total. The summed E-state index contributed by atoms with van der Waals surface area (Å²) in [5.74, 6) is 1.95. The molecule has 0 bridgehead atoms. The number of rotatable bonds is 15. The Balaban J connectivity index is 1.64. The molecule has 0 N–H and O–H groups in total. The molecule has 3 rings (SSSR count). The smallest absolute Gasteiger partial charge is 0.236 e. The van der Waals surface area contributed by atoms with Crippen LogP contribution in [0.4, 0.5) is 0 Å². The quantitative estimate of drug-likeness (QED) is 0.167. The lowest BCUT2D eigenvalue weighted by molar-refractivity contribution is -0.710. The van der Waals surface area contributed by atoms with Crippen LogP contribution in [0.3, 0.4) is 0 Å². The summed E-state index contributed by atoms with van der Waals surface area (Å²) in [7, 11) is 2.22. The van der Waals surface area contributed by atoms with E-state index in [4.69, 9.17) is 0 Å². The van der Waals surface area contributed by atoms with Crippen LogP contribution >= 0.6 is 0 Å². The van der Waals surface area contributed by atoms with Crippen LogP contribution in [0.5, 0.6) is 0 Å². The normalized spacial score (nSPS) is 12.2. The molecule has 1 aromatic heterocycles. The molecule has 0 amide bonds. The maximum Gasteiger partial charge on any atom is 0.260 e. The lowest BCUT2D eigenvalue weighted by Crippen LogP contribution is -2.41. The van der Waals surface area contributed by atoms with E-state index in [1.54, 1.807) is 0 Å². The number of imidazole rings is 1. The Labute approximate surface area is 202 Å². The van der Waals surface area contributed by atoms with Gasteiger partial charge in [-0.25, -0.2) is 9.13 Å². The maximum absolute atomic E-state index is 2.63. The minimum absolute atomic E-state index is 0.521. The summed E-state index contributed by atoms with van der Waals surface area (Å²) >= 11 is 0. The van der Waals surface area contributed by atoms with E-state index in [2.05, 4.69) is 96.9 Å². The summed E-state index contributed by atoms with van der Waals surface area (Å²) in [5, 5.41) is 0. The average molecular weight is 446 g/mol. The summed E-state index contributed by atoms with van der Waals surface area (Å²) in [6, 6.07) is 21.9. The summed E-state index contributed by atoms with van der Waals surface area (Å²) < 4.78 is 5.00. The van der Waals surface area contributed by atoms with Crippen LogP contribution in [-0.4, -0.2) is 4.57 Å². The van der Waals surface area contributed by atoms with Crippen molar-refractivity contribution in [1.82, 2.24) is 4.57 Å². The van der Waals surface area contributed by atoms with Crippen LogP contribution in [0, 0.1) is 0 Å². The molecule has 0 aliphatic carbocycles. The van der Waals surface area contributed by atoms with Gasteiger partial charge in [-0.15, -0.1) is 0 Å². The first-order chi connectivity index (χ1) is 16.2. The van der Waals surface area contributed by atoms with Crippen molar-refractivity contribution in [2.24, 2.45) is 7.05 Å². The van der Waals surface area contributed by atoms with Crippen molar-refractivity contribution in [2.45, 2.75) is 96.9 Å². The number of aryl methyl sites for hydroxylation is 1.